The molecular formula is C14H15ClN2OS. The van der Waals surface area contributed by atoms with Gasteiger partial charge in [0.2, 0.25) is 0 Å². The second kappa shape index (κ2) is 4.87. The number of phenolic OH excluding ortho intramolecular Hbond substituents is 1. The number of halogens is 1. The average molecular weight is 295 g/mol. The Morgan fingerprint density at radius 1 is 1.21 bits per heavy atom. The summed E-state index contributed by atoms with van der Waals surface area (Å²) >= 11 is 1.62. The number of aromatic nitrogens is 1. The van der Waals surface area contributed by atoms with Crippen molar-refractivity contribution in [3.05, 3.63) is 34.6 Å². The Kier molecular flexibility index (Phi) is 3.56. The van der Waals surface area contributed by atoms with Crippen molar-refractivity contribution in [1.29, 1.82) is 0 Å². The van der Waals surface area contributed by atoms with Gasteiger partial charge in [0.25, 0.3) is 0 Å². The Hall–Kier alpha value is -1.52. The fourth-order valence-electron chi connectivity index (χ4n) is 2.41. The summed E-state index contributed by atoms with van der Waals surface area (Å²) in [6.45, 7) is 1.96. The van der Waals surface area contributed by atoms with Gasteiger partial charge < -0.3 is 9.67 Å². The molecule has 0 unspecified atom stereocenters. The number of fused-ring (bicyclic) bond motifs is 3. The molecule has 0 aliphatic carbocycles. The summed E-state index contributed by atoms with van der Waals surface area (Å²) in [6, 6.07) is 7.95. The number of nitrogens with zero attached hydrogens (tertiary/aromatic N) is 2. The van der Waals surface area contributed by atoms with Crippen molar-refractivity contribution in [3.63, 3.8) is 0 Å². The second-order valence-corrected chi connectivity index (χ2v) is 5.34. The molecule has 0 radical (unpaired) electrons. The molecule has 1 aromatic heterocycles. The zero-order valence-corrected chi connectivity index (χ0v) is 12.6. The number of hydrogen-bond acceptors (Lipinski definition) is 3. The number of aryl methyl sites for hydroxylation is 2. The van der Waals surface area contributed by atoms with Crippen LogP contribution < -0.4 is 4.80 Å². The van der Waals surface area contributed by atoms with Crippen molar-refractivity contribution in [2.75, 3.05) is 7.05 Å². The minimum atomic E-state index is 0. The van der Waals surface area contributed by atoms with Gasteiger partial charge in [0.15, 0.2) is 4.80 Å². The van der Waals surface area contributed by atoms with Crippen LogP contribution in [0.3, 0.4) is 0 Å². The number of rotatable bonds is 0. The smallest absolute Gasteiger partial charge is 0.185 e. The minimum Gasteiger partial charge on any atom is -0.507 e. The fourth-order valence-corrected chi connectivity index (χ4v) is 3.51. The largest absolute Gasteiger partial charge is 0.507 e. The molecule has 100 valence electrons. The summed E-state index contributed by atoms with van der Waals surface area (Å²) < 4.78 is 3.20. The van der Waals surface area contributed by atoms with Gasteiger partial charge >= 0.3 is 0 Å². The lowest BCUT2D eigenvalue weighted by Gasteiger charge is -2.07. The summed E-state index contributed by atoms with van der Waals surface area (Å²) in [6.07, 6.45) is 0. The van der Waals surface area contributed by atoms with E-state index in [1.54, 1.807) is 18.4 Å². The number of aromatic hydroxyl groups is 1. The van der Waals surface area contributed by atoms with Gasteiger partial charge in [0.1, 0.15) is 5.75 Å². The van der Waals surface area contributed by atoms with E-state index < -0.39 is 0 Å². The molecule has 0 amide bonds. The number of thiazole rings is 1. The molecule has 1 heterocycles. The van der Waals surface area contributed by atoms with E-state index in [0.29, 0.717) is 5.75 Å². The molecule has 0 aliphatic heterocycles. The van der Waals surface area contributed by atoms with E-state index in [1.165, 1.54) is 0 Å². The zero-order valence-electron chi connectivity index (χ0n) is 11.0. The lowest BCUT2D eigenvalue weighted by molar-refractivity contribution is 0.478. The Bertz CT molecular complexity index is 833. The first kappa shape index (κ1) is 13.9. The van der Waals surface area contributed by atoms with Crippen molar-refractivity contribution < 1.29 is 5.11 Å². The van der Waals surface area contributed by atoms with E-state index in [4.69, 9.17) is 0 Å². The van der Waals surface area contributed by atoms with Crippen LogP contribution in [0.25, 0.3) is 21.0 Å². The lowest BCUT2D eigenvalue weighted by atomic mass is 10.0. The van der Waals surface area contributed by atoms with E-state index in [2.05, 4.69) is 9.56 Å². The summed E-state index contributed by atoms with van der Waals surface area (Å²) in [5.74, 6) is 0.377. The normalized spacial score (nSPS) is 12.1. The third-order valence-electron chi connectivity index (χ3n) is 3.36. The summed E-state index contributed by atoms with van der Waals surface area (Å²) in [4.78, 5) is 5.25. The molecule has 0 fully saturated rings. The van der Waals surface area contributed by atoms with Gasteiger partial charge in [-0.15, -0.1) is 12.4 Å². The van der Waals surface area contributed by atoms with E-state index in [0.717, 1.165) is 31.4 Å². The van der Waals surface area contributed by atoms with Crippen molar-refractivity contribution in [3.8, 4) is 5.75 Å². The Morgan fingerprint density at radius 3 is 2.47 bits per heavy atom. The highest BCUT2D eigenvalue weighted by Gasteiger charge is 2.14. The summed E-state index contributed by atoms with van der Waals surface area (Å²) in [7, 11) is 3.81. The number of phenols is 1. The van der Waals surface area contributed by atoms with Crippen LogP contribution in [0.4, 0.5) is 0 Å². The molecule has 3 nitrogen and oxygen atoms in total. The fraction of sp³-hybridized carbons (Fsp3) is 0.214. The summed E-state index contributed by atoms with van der Waals surface area (Å²) in [5, 5.41) is 12.3. The van der Waals surface area contributed by atoms with Gasteiger partial charge in [0.05, 0.1) is 10.2 Å². The van der Waals surface area contributed by atoms with Crippen LogP contribution in [-0.4, -0.2) is 16.7 Å². The van der Waals surface area contributed by atoms with Gasteiger partial charge in [-0.05, 0) is 6.92 Å². The van der Waals surface area contributed by atoms with Crippen molar-refractivity contribution >= 4 is 44.7 Å². The highest BCUT2D eigenvalue weighted by atomic mass is 35.5. The molecule has 0 atom stereocenters. The summed E-state index contributed by atoms with van der Waals surface area (Å²) in [5.41, 5.74) is 2.07. The van der Waals surface area contributed by atoms with E-state index in [9.17, 15) is 5.11 Å². The maximum absolute atomic E-state index is 10.3. The van der Waals surface area contributed by atoms with Gasteiger partial charge in [0, 0.05) is 30.4 Å². The maximum Gasteiger partial charge on any atom is 0.185 e. The monoisotopic (exact) mass is 294 g/mol. The molecule has 19 heavy (non-hydrogen) atoms. The molecule has 3 rings (SSSR count). The Labute approximate surface area is 121 Å². The molecule has 0 bridgehead atoms. The van der Waals surface area contributed by atoms with Crippen LogP contribution >= 0.6 is 23.7 Å². The molecule has 0 spiro atoms. The lowest BCUT2D eigenvalue weighted by Crippen LogP contribution is -2.09. The Balaban J connectivity index is 0.00000133. The second-order valence-electron chi connectivity index (χ2n) is 4.36. The Morgan fingerprint density at radius 2 is 1.84 bits per heavy atom. The zero-order chi connectivity index (χ0) is 12.9. The average Bonchev–Trinajstić information content (AvgIpc) is 2.73. The van der Waals surface area contributed by atoms with Crippen molar-refractivity contribution in [2.24, 2.45) is 12.0 Å². The van der Waals surface area contributed by atoms with Crippen LogP contribution in [0, 0.1) is 6.92 Å². The predicted octanol–water partition coefficient (Wildman–Crippen LogP) is 3.36. The quantitative estimate of drug-likeness (QED) is 0.678. The predicted molar refractivity (Wildman–Crippen MR) is 83.4 cm³/mol. The molecule has 3 aromatic rings. The third kappa shape index (κ3) is 1.83. The van der Waals surface area contributed by atoms with Crippen LogP contribution in [0.15, 0.2) is 29.3 Å². The van der Waals surface area contributed by atoms with Crippen LogP contribution in [-0.2, 0) is 7.05 Å². The van der Waals surface area contributed by atoms with Gasteiger partial charge in [-0.25, -0.2) is 0 Å². The molecule has 5 heteroatoms. The molecule has 1 N–H and O–H groups in total. The minimum absolute atomic E-state index is 0. The van der Waals surface area contributed by atoms with E-state index >= 15 is 0 Å². The topological polar surface area (TPSA) is 37.5 Å². The van der Waals surface area contributed by atoms with Crippen LogP contribution in [0.1, 0.15) is 5.56 Å². The van der Waals surface area contributed by atoms with Gasteiger partial charge in [-0.2, -0.15) is 0 Å². The van der Waals surface area contributed by atoms with Gasteiger partial charge in [-0.3, -0.25) is 4.99 Å². The highest BCUT2D eigenvalue weighted by Crippen LogP contribution is 2.37. The van der Waals surface area contributed by atoms with E-state index in [-0.39, 0.29) is 12.4 Å². The molecule has 0 aliphatic rings. The first-order valence-corrected chi connectivity index (χ1v) is 6.59. The molecular weight excluding hydrogens is 280 g/mol. The first-order valence-electron chi connectivity index (χ1n) is 5.77. The maximum atomic E-state index is 10.3. The number of hydrogen-bond donors (Lipinski definition) is 1. The number of benzene rings is 2. The van der Waals surface area contributed by atoms with Crippen LogP contribution in [0.5, 0.6) is 5.75 Å². The first-order chi connectivity index (χ1) is 8.65. The molecule has 0 saturated carbocycles. The highest BCUT2D eigenvalue weighted by molar-refractivity contribution is 7.16. The van der Waals surface area contributed by atoms with E-state index in [1.807, 2.05) is 38.2 Å². The SMILES string of the molecule is CN=c1sc2c(C)c(O)c3ccccc3c2n1C.Cl. The molecule has 2 aromatic carbocycles. The third-order valence-corrected chi connectivity index (χ3v) is 4.70. The van der Waals surface area contributed by atoms with Crippen molar-refractivity contribution in [2.45, 2.75) is 6.92 Å². The standard InChI is InChI=1S/C14H14N2OS.ClH/c1-8-12(17)10-7-5-4-6-9(10)11-13(8)18-14(15-2)16(11)3;/h4-7,17H,1-3H3;1H. The van der Waals surface area contributed by atoms with Crippen molar-refractivity contribution in [1.82, 2.24) is 4.57 Å². The molecule has 0 saturated heterocycles. The van der Waals surface area contributed by atoms with Crippen LogP contribution in [0.2, 0.25) is 0 Å². The van der Waals surface area contributed by atoms with Gasteiger partial charge in [-0.1, -0.05) is 35.6 Å².